The summed E-state index contributed by atoms with van der Waals surface area (Å²) in [6, 6.07) is 5.89. The van der Waals surface area contributed by atoms with E-state index in [0.29, 0.717) is 35.7 Å². The Labute approximate surface area is 143 Å². The largest absolute Gasteiger partial charge is 0.479 e. The second-order valence-corrected chi connectivity index (χ2v) is 5.38. The first-order chi connectivity index (χ1) is 12.1. The van der Waals surface area contributed by atoms with E-state index in [4.69, 9.17) is 9.15 Å². The van der Waals surface area contributed by atoms with E-state index in [2.05, 4.69) is 15.4 Å². The van der Waals surface area contributed by atoms with Gasteiger partial charge in [0.1, 0.15) is 17.6 Å². The normalized spacial score (nSPS) is 10.7. The van der Waals surface area contributed by atoms with Gasteiger partial charge in [-0.2, -0.15) is 0 Å². The van der Waals surface area contributed by atoms with Crippen LogP contribution in [-0.4, -0.2) is 34.3 Å². The summed E-state index contributed by atoms with van der Waals surface area (Å²) in [6.45, 7) is 0.381. The molecule has 0 unspecified atom stereocenters. The van der Waals surface area contributed by atoms with Crippen LogP contribution in [-0.2, 0) is 13.5 Å². The van der Waals surface area contributed by atoms with Crippen molar-refractivity contribution in [2.45, 2.75) is 6.42 Å². The van der Waals surface area contributed by atoms with E-state index in [1.807, 2.05) is 0 Å². The Hall–Kier alpha value is -3.16. The lowest BCUT2D eigenvalue weighted by molar-refractivity contribution is 0.0951. The van der Waals surface area contributed by atoms with Crippen molar-refractivity contribution in [1.29, 1.82) is 0 Å². The number of rotatable bonds is 6. The number of methoxy groups -OCH3 is 1. The topological polar surface area (TPSA) is 82.2 Å². The van der Waals surface area contributed by atoms with Crippen molar-refractivity contribution in [3.8, 4) is 17.3 Å². The van der Waals surface area contributed by atoms with Crippen LogP contribution in [0.5, 0.6) is 5.88 Å². The van der Waals surface area contributed by atoms with Crippen molar-refractivity contribution in [3.05, 3.63) is 53.8 Å². The molecule has 25 heavy (non-hydrogen) atoms. The van der Waals surface area contributed by atoms with Gasteiger partial charge >= 0.3 is 0 Å². The second kappa shape index (κ2) is 7.16. The quantitative estimate of drug-likeness (QED) is 0.741. The first kappa shape index (κ1) is 16.7. The SMILES string of the molecule is COc1nn(C)cc1C(=O)NCCc1coc(-c2ccc(F)cc2)n1. The lowest BCUT2D eigenvalue weighted by Crippen LogP contribution is -2.25. The summed E-state index contributed by atoms with van der Waals surface area (Å²) in [5.41, 5.74) is 1.76. The number of aryl methyl sites for hydroxylation is 1. The summed E-state index contributed by atoms with van der Waals surface area (Å²) in [5, 5.41) is 6.83. The molecule has 0 atom stereocenters. The van der Waals surface area contributed by atoms with Crippen LogP contribution in [0.1, 0.15) is 16.1 Å². The number of hydrogen-bond acceptors (Lipinski definition) is 5. The average molecular weight is 344 g/mol. The predicted octanol–water partition coefficient (Wildman–Crippen LogP) is 2.20. The number of amides is 1. The van der Waals surface area contributed by atoms with Crippen molar-refractivity contribution >= 4 is 5.91 Å². The second-order valence-electron chi connectivity index (χ2n) is 5.38. The van der Waals surface area contributed by atoms with E-state index in [-0.39, 0.29) is 17.6 Å². The van der Waals surface area contributed by atoms with Crippen LogP contribution in [0.4, 0.5) is 4.39 Å². The summed E-state index contributed by atoms with van der Waals surface area (Å²) in [4.78, 5) is 16.5. The van der Waals surface area contributed by atoms with Crippen LogP contribution < -0.4 is 10.1 Å². The highest BCUT2D eigenvalue weighted by atomic mass is 19.1. The number of nitrogens with one attached hydrogen (secondary N) is 1. The van der Waals surface area contributed by atoms with Crippen molar-refractivity contribution < 1.29 is 18.3 Å². The van der Waals surface area contributed by atoms with E-state index in [0.717, 1.165) is 0 Å². The number of halogens is 1. The fourth-order valence-corrected chi connectivity index (χ4v) is 2.32. The molecule has 1 aromatic carbocycles. The zero-order chi connectivity index (χ0) is 17.8. The van der Waals surface area contributed by atoms with Gasteiger partial charge in [0.25, 0.3) is 5.91 Å². The predicted molar refractivity (Wildman–Crippen MR) is 87.7 cm³/mol. The van der Waals surface area contributed by atoms with Gasteiger partial charge in [0.15, 0.2) is 0 Å². The molecule has 2 heterocycles. The molecule has 0 bridgehead atoms. The highest BCUT2D eigenvalue weighted by Gasteiger charge is 2.16. The van der Waals surface area contributed by atoms with Gasteiger partial charge in [-0.25, -0.2) is 9.37 Å². The standard InChI is InChI=1S/C17H17FN4O3/c1-22-9-14(17(21-22)24-2)15(23)19-8-7-13-10-25-16(20-13)11-3-5-12(18)6-4-11/h3-6,9-10H,7-8H2,1-2H3,(H,19,23). The fourth-order valence-electron chi connectivity index (χ4n) is 2.32. The molecule has 8 heteroatoms. The van der Waals surface area contributed by atoms with Gasteiger partial charge < -0.3 is 14.5 Å². The number of oxazole rings is 1. The van der Waals surface area contributed by atoms with Crippen LogP contribution in [0, 0.1) is 5.82 Å². The van der Waals surface area contributed by atoms with E-state index in [1.54, 1.807) is 25.4 Å². The van der Waals surface area contributed by atoms with Crippen molar-refractivity contribution in [2.24, 2.45) is 7.05 Å². The maximum absolute atomic E-state index is 12.9. The van der Waals surface area contributed by atoms with Crippen LogP contribution in [0.15, 0.2) is 41.1 Å². The molecule has 7 nitrogen and oxygen atoms in total. The van der Waals surface area contributed by atoms with Gasteiger partial charge in [-0.3, -0.25) is 9.48 Å². The third kappa shape index (κ3) is 3.85. The number of benzene rings is 1. The van der Waals surface area contributed by atoms with Gasteiger partial charge in [-0.15, -0.1) is 5.10 Å². The summed E-state index contributed by atoms with van der Waals surface area (Å²) in [7, 11) is 3.18. The minimum absolute atomic E-state index is 0.271. The van der Waals surface area contributed by atoms with E-state index in [1.165, 1.54) is 30.2 Å². The molecule has 0 radical (unpaired) electrons. The minimum atomic E-state index is -0.316. The lowest BCUT2D eigenvalue weighted by Gasteiger charge is -2.03. The van der Waals surface area contributed by atoms with Crippen molar-refractivity contribution in [3.63, 3.8) is 0 Å². The molecule has 0 aliphatic rings. The van der Waals surface area contributed by atoms with E-state index >= 15 is 0 Å². The van der Waals surface area contributed by atoms with E-state index < -0.39 is 0 Å². The maximum Gasteiger partial charge on any atom is 0.258 e. The zero-order valence-corrected chi connectivity index (χ0v) is 13.8. The summed E-state index contributed by atoms with van der Waals surface area (Å²) >= 11 is 0. The zero-order valence-electron chi connectivity index (χ0n) is 13.8. The Morgan fingerprint density at radius 3 is 2.84 bits per heavy atom. The van der Waals surface area contributed by atoms with Crippen LogP contribution in [0.25, 0.3) is 11.5 Å². The minimum Gasteiger partial charge on any atom is -0.479 e. The number of aromatic nitrogens is 3. The molecule has 3 aromatic rings. The molecule has 0 saturated carbocycles. The molecule has 0 saturated heterocycles. The average Bonchev–Trinajstić information content (AvgIpc) is 3.22. The summed E-state index contributed by atoms with van der Waals surface area (Å²) < 4.78 is 24.9. The lowest BCUT2D eigenvalue weighted by atomic mass is 10.2. The molecule has 0 aliphatic heterocycles. The smallest absolute Gasteiger partial charge is 0.258 e. The van der Waals surface area contributed by atoms with Gasteiger partial charge in [0.05, 0.1) is 12.8 Å². The molecule has 0 aliphatic carbocycles. The molecule has 3 rings (SSSR count). The number of ether oxygens (including phenoxy) is 1. The number of carbonyl (C=O) groups is 1. The Morgan fingerprint density at radius 2 is 2.12 bits per heavy atom. The van der Waals surface area contributed by atoms with Crippen LogP contribution >= 0.6 is 0 Å². The van der Waals surface area contributed by atoms with Gasteiger partial charge in [-0.05, 0) is 24.3 Å². The summed E-state index contributed by atoms with van der Waals surface area (Å²) in [5.74, 6) is 0.103. The number of hydrogen-bond donors (Lipinski definition) is 1. The van der Waals surface area contributed by atoms with E-state index in [9.17, 15) is 9.18 Å². The molecule has 0 spiro atoms. The van der Waals surface area contributed by atoms with Crippen LogP contribution in [0.2, 0.25) is 0 Å². The Balaban J connectivity index is 1.57. The molecule has 1 amide bonds. The molecular weight excluding hydrogens is 327 g/mol. The Bertz CT molecular complexity index is 870. The molecule has 0 fully saturated rings. The highest BCUT2D eigenvalue weighted by Crippen LogP contribution is 2.19. The Morgan fingerprint density at radius 1 is 1.36 bits per heavy atom. The summed E-state index contributed by atoms with van der Waals surface area (Å²) in [6.07, 6.45) is 3.62. The van der Waals surface area contributed by atoms with Gasteiger partial charge in [-0.1, -0.05) is 0 Å². The maximum atomic E-state index is 12.9. The number of nitrogens with zero attached hydrogens (tertiary/aromatic N) is 3. The van der Waals surface area contributed by atoms with Gasteiger partial charge in [0, 0.05) is 31.8 Å². The third-order valence-corrected chi connectivity index (χ3v) is 3.54. The van der Waals surface area contributed by atoms with Crippen molar-refractivity contribution in [2.75, 3.05) is 13.7 Å². The first-order valence-electron chi connectivity index (χ1n) is 7.63. The molecule has 1 N–H and O–H groups in total. The Kier molecular flexibility index (Phi) is 4.78. The molecule has 2 aromatic heterocycles. The molecule has 130 valence electrons. The highest BCUT2D eigenvalue weighted by molar-refractivity contribution is 5.96. The monoisotopic (exact) mass is 344 g/mol. The molecular formula is C17H17FN4O3. The first-order valence-corrected chi connectivity index (χ1v) is 7.63. The third-order valence-electron chi connectivity index (χ3n) is 3.54. The van der Waals surface area contributed by atoms with Gasteiger partial charge in [0.2, 0.25) is 11.8 Å². The van der Waals surface area contributed by atoms with Crippen LogP contribution in [0.3, 0.4) is 0 Å². The van der Waals surface area contributed by atoms with Crippen molar-refractivity contribution in [1.82, 2.24) is 20.1 Å². The fraction of sp³-hybridized carbons (Fsp3) is 0.235. The number of carbonyl (C=O) groups excluding carboxylic acids is 1.